The number of terminal acetylenes is 1. The normalized spacial score (nSPS) is 11.5. The zero-order valence-corrected chi connectivity index (χ0v) is 48.5. The van der Waals surface area contributed by atoms with Gasteiger partial charge in [0, 0.05) is 176 Å². The summed E-state index contributed by atoms with van der Waals surface area (Å²) in [6.45, 7) is 11.8. The Labute approximate surface area is 542 Å². The van der Waals surface area contributed by atoms with Gasteiger partial charge < -0.3 is 15.1 Å². The Morgan fingerprint density at radius 3 is 1.47 bits per heavy atom. The van der Waals surface area contributed by atoms with Gasteiger partial charge in [-0.25, -0.2) is 18.6 Å². The van der Waals surface area contributed by atoms with E-state index in [1.807, 2.05) is 30.4 Å². The Bertz CT molecular complexity index is 4090. The molecule has 2 aromatic carbocycles. The van der Waals surface area contributed by atoms with Crippen molar-refractivity contribution >= 4 is 40.9 Å². The van der Waals surface area contributed by atoms with Crippen molar-refractivity contribution in [2.45, 2.75) is 71.1 Å². The monoisotopic (exact) mass is 1250 g/mol. The molecule has 4 rings (SSSR count). The Hall–Kier alpha value is -11.4. The van der Waals surface area contributed by atoms with Crippen LogP contribution < -0.4 is 23.5 Å². The molecular weight excluding hydrogens is 1180 g/mol. The largest absolute Gasteiger partial charge is 0.481 e. The molecule has 0 amide bonds. The second-order valence-corrected chi connectivity index (χ2v) is 17.2. The number of hydrogen-bond donors (Lipinski definition) is 3. The number of nitrogens with one attached hydrogen (secondary N) is 1. The van der Waals surface area contributed by atoms with Crippen LogP contribution in [0.25, 0.3) is 0 Å². The number of hydrogen-bond acceptors (Lipinski definition) is 17. The third-order valence-corrected chi connectivity index (χ3v) is 10.1. The number of fused-ring (bicyclic) bond motifs is 2. The van der Waals surface area contributed by atoms with Crippen molar-refractivity contribution < 1.29 is 117 Å². The van der Waals surface area contributed by atoms with Crippen molar-refractivity contribution in [1.29, 1.82) is 5.53 Å². The molecule has 3 N–H and O–H groups in total. The maximum absolute atomic E-state index is 11.1. The lowest BCUT2D eigenvalue weighted by Gasteiger charge is -2.26. The van der Waals surface area contributed by atoms with Crippen LogP contribution >= 0.6 is 11.9 Å². The summed E-state index contributed by atoms with van der Waals surface area (Å²) in [6.07, 6.45) is 16.8. The number of anilines is 1. The van der Waals surface area contributed by atoms with Crippen LogP contribution in [0.4, 0.5) is 11.4 Å². The molecular formula is C66H78Cl2N4O16. The number of carbonyl (C=O) groups is 2. The first-order chi connectivity index (χ1) is 42.4. The van der Waals surface area contributed by atoms with Crippen LogP contribution in [0, 0.1) is 206 Å². The van der Waals surface area contributed by atoms with Gasteiger partial charge in [-0.2, -0.15) is 15.1 Å². The van der Waals surface area contributed by atoms with Crippen molar-refractivity contribution in [2.24, 2.45) is 5.28 Å². The van der Waals surface area contributed by atoms with Gasteiger partial charge in [0.2, 0.25) is 5.69 Å². The number of rotatable bonds is 19. The van der Waals surface area contributed by atoms with Crippen molar-refractivity contribution in [2.75, 3.05) is 18.0 Å². The molecule has 0 unspecified atom stereocenters. The molecule has 2 heterocycles. The first kappa shape index (κ1) is 74.6. The van der Waals surface area contributed by atoms with Crippen LogP contribution in [-0.2, 0) is 60.1 Å². The first-order valence-corrected chi connectivity index (χ1v) is 25.8. The molecule has 2 aliphatic rings. The predicted molar refractivity (Wildman–Crippen MR) is 343 cm³/mol. The molecule has 472 valence electrons. The third kappa shape index (κ3) is 34.2. The van der Waals surface area contributed by atoms with E-state index in [0.29, 0.717) is 25.9 Å². The van der Waals surface area contributed by atoms with Crippen LogP contribution in [-0.4, -0.2) is 45.5 Å². The minimum atomic E-state index is -4.94. The number of halogens is 2. The van der Waals surface area contributed by atoms with Crippen LogP contribution in [0.2, 0.25) is 0 Å². The maximum atomic E-state index is 11.1. The highest BCUT2D eigenvalue weighted by Crippen LogP contribution is 2.47. The number of carboxylic acid groups (broad SMARTS) is 2. The fraction of sp³-hybridized carbons (Fsp3) is 0.197. The third-order valence-electron chi connectivity index (χ3n) is 10.1. The fourth-order valence-electron chi connectivity index (χ4n) is 6.92. The molecule has 0 aliphatic carbocycles. The average molecular weight is 1250 g/mol. The van der Waals surface area contributed by atoms with Gasteiger partial charge in [0.05, 0.1) is 17.1 Å². The summed E-state index contributed by atoms with van der Waals surface area (Å²) in [4.78, 5) is 28.0. The SMILES string of the molecule is C#CC#CC#CC#CC#CC#CC#CC#CC#CC#CC#CC#CC#CC#CC#CC#CC.CC1(C)C(/C=C/C=C/C=C2/N(CCCC(=O)O)c3ccccc3C2(C)C)=[N+](CCCC(=O)O)c2ccccc21.N=NOOOOOOOOCl.[HH].[HH].[HH].[HH].[HH].[HH].[HH].[HH].[HH].[HH].[HH].[HH].[HH].[HH].[HH].[HH].[HH].[O-][Cl+3]([O-])([O-])[O-]. The number of nitrogens with zero attached hydrogens (tertiary/aromatic N) is 3. The summed E-state index contributed by atoms with van der Waals surface area (Å²) in [5.74, 6) is 75.3. The fourth-order valence-corrected chi connectivity index (χ4v) is 6.94. The molecule has 0 saturated carbocycles. The van der Waals surface area contributed by atoms with Crippen molar-refractivity contribution in [3.8, 4) is 190 Å². The minimum Gasteiger partial charge on any atom is -0.481 e. The maximum Gasteiger partial charge on any atom is 0.303 e. The van der Waals surface area contributed by atoms with E-state index in [9.17, 15) is 9.59 Å². The lowest BCUT2D eigenvalue weighted by atomic mass is 9.81. The van der Waals surface area contributed by atoms with Crippen molar-refractivity contribution in [3.05, 3.63) is 95.7 Å². The highest BCUT2D eigenvalue weighted by atomic mass is 35.7. The molecule has 2 aliphatic heterocycles. The van der Waals surface area contributed by atoms with Crippen LogP contribution in [0.15, 0.2) is 89.9 Å². The van der Waals surface area contributed by atoms with E-state index in [1.165, 1.54) is 11.1 Å². The molecule has 0 spiro atoms. The standard InChI is InChI=1S/C33H38N2O4.C33H4.ClHN2O8.ClHO4.17H2/c1-32(2)24-14-8-10-16-26(24)34(22-12-20-30(36)37)28(32)18-6-5-7-19-29-33(3,4)25-15-9-11-17-27(25)35(29)23-13-21-31(38)39;1-3-5-7-9-11-13-15-17-19-21-23-25-27-29-31-33-32-30-28-26-24-22-20-18-16-14-12-10-8-6-4-2;1-4-6-8-10-11-9-7-5-3-2;2-1(3,4)5;;;;;;;;;;;;;;;;;/h5-11,14-19H,12-13,20-23H2,1-4H3,(H-,36,37,38,39);1H,2H3;2H;(H,2,3,4,5);17*1H. The number of benzene rings is 2. The van der Waals surface area contributed by atoms with Crippen LogP contribution in [0.1, 0.15) is 95.7 Å². The number of para-hydroxylation sites is 2. The lowest BCUT2D eigenvalue weighted by Crippen LogP contribution is -2.68. The Balaban J connectivity index is -0.0000000720. The molecule has 0 saturated heterocycles. The molecule has 0 atom stereocenters. The summed E-state index contributed by atoms with van der Waals surface area (Å²) in [7, 11) is -4.94. The molecule has 22 heteroatoms. The Kier molecular flexibility index (Phi) is 39.0. The first-order valence-electron chi connectivity index (χ1n) is 24.3. The highest BCUT2D eigenvalue weighted by Gasteiger charge is 2.44. The van der Waals surface area contributed by atoms with Gasteiger partial charge in [0.15, 0.2) is 5.71 Å². The van der Waals surface area contributed by atoms with Gasteiger partial charge in [-0.1, -0.05) is 78.8 Å². The van der Waals surface area contributed by atoms with E-state index in [1.54, 1.807) is 6.92 Å². The molecule has 0 fully saturated rings. The zero-order chi connectivity index (χ0) is 65.0. The van der Waals surface area contributed by atoms with E-state index in [-0.39, 0.29) is 47.9 Å². The highest BCUT2D eigenvalue weighted by molar-refractivity contribution is 6.06. The number of allylic oxidation sites excluding steroid dienone is 6. The van der Waals surface area contributed by atoms with E-state index in [4.69, 9.17) is 40.8 Å². The summed E-state index contributed by atoms with van der Waals surface area (Å²) < 4.78 is 39.6. The van der Waals surface area contributed by atoms with E-state index < -0.39 is 22.2 Å². The number of aliphatic carboxylic acids is 2. The van der Waals surface area contributed by atoms with Crippen LogP contribution in [0.3, 0.4) is 0 Å². The minimum absolute atomic E-state index is 0. The van der Waals surface area contributed by atoms with Gasteiger partial charge in [0.1, 0.15) is 18.4 Å². The summed E-state index contributed by atoms with van der Waals surface area (Å²) in [5, 5.41) is 41.2. The van der Waals surface area contributed by atoms with Crippen LogP contribution in [0.5, 0.6) is 0 Å². The summed E-state index contributed by atoms with van der Waals surface area (Å²) >= 11 is 4.44. The zero-order valence-electron chi connectivity index (χ0n) is 47.0. The molecule has 0 aromatic heterocycles. The predicted octanol–water partition coefficient (Wildman–Crippen LogP) is 7.33. The molecule has 88 heavy (non-hydrogen) atoms. The van der Waals surface area contributed by atoms with E-state index in [0.717, 1.165) is 22.8 Å². The lowest BCUT2D eigenvalue weighted by molar-refractivity contribution is -2.00. The topological polar surface area (TPSA) is 283 Å². The van der Waals surface area contributed by atoms with Gasteiger partial charge in [-0.3, -0.25) is 9.59 Å². The van der Waals surface area contributed by atoms with Gasteiger partial charge in [-0.15, -0.1) is 16.7 Å². The quantitative estimate of drug-likeness (QED) is 0.0236. The average Bonchev–Trinajstić information content (AvgIpc) is 1.61. The summed E-state index contributed by atoms with van der Waals surface area (Å²) in [5.41, 5.74) is 12.6. The Morgan fingerprint density at radius 1 is 0.614 bits per heavy atom. The van der Waals surface area contributed by atoms with Crippen molar-refractivity contribution in [3.63, 3.8) is 0 Å². The summed E-state index contributed by atoms with van der Waals surface area (Å²) in [6, 6.07) is 16.7. The number of carboxylic acids is 2. The molecule has 20 nitrogen and oxygen atoms in total. The molecule has 2 aromatic rings. The van der Waals surface area contributed by atoms with E-state index in [2.05, 4.69) is 326 Å². The van der Waals surface area contributed by atoms with Gasteiger partial charge >= 0.3 is 11.9 Å². The van der Waals surface area contributed by atoms with Gasteiger partial charge in [-0.05, 0) is 155 Å². The van der Waals surface area contributed by atoms with E-state index >= 15 is 0 Å². The smallest absolute Gasteiger partial charge is 0.303 e. The second-order valence-electron chi connectivity index (χ2n) is 16.3. The Morgan fingerprint density at radius 2 is 1.02 bits per heavy atom. The second kappa shape index (κ2) is 46.0. The van der Waals surface area contributed by atoms with Gasteiger partial charge in [0.25, 0.3) is 0 Å². The molecule has 0 radical (unpaired) electrons. The molecule has 0 bridgehead atoms. The van der Waals surface area contributed by atoms with Crippen molar-refractivity contribution in [1.82, 2.24) is 0 Å².